The number of anilines is 1. The number of rotatable bonds is 6. The summed E-state index contributed by atoms with van der Waals surface area (Å²) in [4.78, 5) is 13.0. The number of aryl methyl sites for hydroxylation is 1. The molecular weight excluding hydrogens is 270 g/mol. The molecule has 2 rings (SSSR count). The maximum Gasteiger partial charge on any atom is 0.305 e. The van der Waals surface area contributed by atoms with Crippen molar-refractivity contribution < 1.29 is 9.90 Å². The molecule has 0 radical (unpaired) electrons. The van der Waals surface area contributed by atoms with Crippen LogP contribution < -0.4 is 4.90 Å². The first-order chi connectivity index (χ1) is 9.58. The molecule has 1 N–H and O–H groups in total. The summed E-state index contributed by atoms with van der Waals surface area (Å²) < 4.78 is 0. The first-order valence-electron chi connectivity index (χ1n) is 6.65. The summed E-state index contributed by atoms with van der Waals surface area (Å²) in [7, 11) is 0. The lowest BCUT2D eigenvalue weighted by Crippen LogP contribution is -2.29. The number of carboxylic acid groups (broad SMARTS) is 1. The van der Waals surface area contributed by atoms with Crippen LogP contribution in [0.15, 0.2) is 41.1 Å². The summed E-state index contributed by atoms with van der Waals surface area (Å²) in [5.41, 5.74) is 3.49. The Hall–Kier alpha value is -1.81. The zero-order valence-electron chi connectivity index (χ0n) is 11.7. The maximum absolute atomic E-state index is 10.9. The molecule has 0 aliphatic rings. The van der Waals surface area contributed by atoms with Crippen molar-refractivity contribution >= 4 is 23.0 Å². The van der Waals surface area contributed by atoms with E-state index in [1.165, 1.54) is 11.1 Å². The highest BCUT2D eigenvalue weighted by Crippen LogP contribution is 2.28. The van der Waals surface area contributed by atoms with Gasteiger partial charge in [0.05, 0.1) is 12.5 Å². The largest absolute Gasteiger partial charge is 0.481 e. The molecule has 1 aromatic carbocycles. The molecule has 1 unspecified atom stereocenters. The van der Waals surface area contributed by atoms with Crippen LogP contribution in [0.2, 0.25) is 0 Å². The van der Waals surface area contributed by atoms with Crippen molar-refractivity contribution in [1.82, 2.24) is 0 Å². The van der Waals surface area contributed by atoms with Gasteiger partial charge < -0.3 is 10.0 Å². The van der Waals surface area contributed by atoms with E-state index in [-0.39, 0.29) is 12.5 Å². The van der Waals surface area contributed by atoms with Crippen molar-refractivity contribution in [2.45, 2.75) is 26.3 Å². The second-order valence-electron chi connectivity index (χ2n) is 4.91. The second kappa shape index (κ2) is 6.57. The number of benzene rings is 1. The summed E-state index contributed by atoms with van der Waals surface area (Å²) in [6.45, 7) is 4.67. The summed E-state index contributed by atoms with van der Waals surface area (Å²) in [6.07, 6.45) is 0.141. The van der Waals surface area contributed by atoms with Crippen LogP contribution in [0.25, 0.3) is 0 Å². The molecule has 1 aromatic heterocycles. The first kappa shape index (κ1) is 14.6. The van der Waals surface area contributed by atoms with Gasteiger partial charge in [-0.2, -0.15) is 11.3 Å². The molecular formula is C16H19NO2S. The van der Waals surface area contributed by atoms with Gasteiger partial charge in [-0.25, -0.2) is 0 Å². The Balaban J connectivity index is 2.24. The van der Waals surface area contributed by atoms with E-state index >= 15 is 0 Å². The standard InChI is InChI=1S/C16H19NO2S/c1-12-3-5-15(6-4-12)17(9-7-16(18)19)13(2)14-8-10-20-11-14/h3-6,8,10-11,13H,7,9H2,1-2H3,(H,18,19). The minimum absolute atomic E-state index is 0.141. The van der Waals surface area contributed by atoms with Crippen LogP contribution in [-0.2, 0) is 4.79 Å². The molecule has 0 amide bonds. The van der Waals surface area contributed by atoms with Gasteiger partial charge in [0.25, 0.3) is 0 Å². The Bertz CT molecular complexity index is 548. The summed E-state index contributed by atoms with van der Waals surface area (Å²) >= 11 is 1.66. The van der Waals surface area contributed by atoms with Crippen molar-refractivity contribution in [3.63, 3.8) is 0 Å². The third-order valence-corrected chi connectivity index (χ3v) is 4.13. The number of carbonyl (C=O) groups is 1. The number of hydrogen-bond donors (Lipinski definition) is 1. The van der Waals surface area contributed by atoms with Crippen LogP contribution in [0.4, 0.5) is 5.69 Å². The lowest BCUT2D eigenvalue weighted by Gasteiger charge is -2.31. The van der Waals surface area contributed by atoms with Crippen LogP contribution >= 0.6 is 11.3 Å². The fourth-order valence-electron chi connectivity index (χ4n) is 2.19. The van der Waals surface area contributed by atoms with Crippen molar-refractivity contribution in [2.75, 3.05) is 11.4 Å². The quantitative estimate of drug-likeness (QED) is 0.870. The molecule has 1 atom stereocenters. The highest BCUT2D eigenvalue weighted by Gasteiger charge is 2.17. The molecule has 1 heterocycles. The van der Waals surface area contributed by atoms with Crippen molar-refractivity contribution in [1.29, 1.82) is 0 Å². The van der Waals surface area contributed by atoms with E-state index in [0.717, 1.165) is 5.69 Å². The third kappa shape index (κ3) is 3.61. The normalized spacial score (nSPS) is 12.1. The molecule has 0 aliphatic heterocycles. The number of thiophene rings is 1. The van der Waals surface area contributed by atoms with Crippen LogP contribution in [-0.4, -0.2) is 17.6 Å². The monoisotopic (exact) mass is 289 g/mol. The lowest BCUT2D eigenvalue weighted by atomic mass is 10.1. The van der Waals surface area contributed by atoms with E-state index in [4.69, 9.17) is 5.11 Å². The van der Waals surface area contributed by atoms with E-state index < -0.39 is 5.97 Å². The summed E-state index contributed by atoms with van der Waals surface area (Å²) in [6, 6.07) is 10.5. The Morgan fingerprint density at radius 2 is 2.00 bits per heavy atom. The van der Waals surface area contributed by atoms with E-state index in [1.54, 1.807) is 11.3 Å². The van der Waals surface area contributed by atoms with E-state index in [2.05, 4.69) is 52.9 Å². The smallest absolute Gasteiger partial charge is 0.305 e. The summed E-state index contributed by atoms with van der Waals surface area (Å²) in [5.74, 6) is -0.764. The molecule has 0 saturated heterocycles. The lowest BCUT2D eigenvalue weighted by molar-refractivity contribution is -0.136. The van der Waals surface area contributed by atoms with Gasteiger partial charge in [-0.15, -0.1) is 0 Å². The van der Waals surface area contributed by atoms with E-state index in [0.29, 0.717) is 6.54 Å². The van der Waals surface area contributed by atoms with Gasteiger partial charge in [0.2, 0.25) is 0 Å². The Morgan fingerprint density at radius 3 is 2.55 bits per heavy atom. The average Bonchev–Trinajstić information content (AvgIpc) is 2.94. The topological polar surface area (TPSA) is 40.5 Å². The molecule has 3 nitrogen and oxygen atoms in total. The van der Waals surface area contributed by atoms with Gasteiger partial charge in [-0.3, -0.25) is 4.79 Å². The molecule has 0 fully saturated rings. The fraction of sp³-hybridized carbons (Fsp3) is 0.312. The van der Waals surface area contributed by atoms with Crippen molar-refractivity contribution in [2.24, 2.45) is 0 Å². The Labute approximate surface area is 123 Å². The number of carboxylic acids is 1. The number of aliphatic carboxylic acids is 1. The van der Waals surface area contributed by atoms with Gasteiger partial charge >= 0.3 is 5.97 Å². The molecule has 4 heteroatoms. The number of hydrogen-bond acceptors (Lipinski definition) is 3. The highest BCUT2D eigenvalue weighted by molar-refractivity contribution is 7.08. The SMILES string of the molecule is Cc1ccc(N(CCC(=O)O)C(C)c2ccsc2)cc1. The van der Waals surface area contributed by atoms with Crippen LogP contribution in [0.5, 0.6) is 0 Å². The van der Waals surface area contributed by atoms with Gasteiger partial charge in [0.15, 0.2) is 0 Å². The third-order valence-electron chi connectivity index (χ3n) is 3.43. The van der Waals surface area contributed by atoms with Crippen LogP contribution in [0.1, 0.15) is 30.5 Å². The zero-order valence-corrected chi connectivity index (χ0v) is 12.6. The maximum atomic E-state index is 10.9. The molecule has 0 bridgehead atoms. The highest BCUT2D eigenvalue weighted by atomic mass is 32.1. The van der Waals surface area contributed by atoms with Gasteiger partial charge in [0, 0.05) is 12.2 Å². The molecule has 0 spiro atoms. The Kier molecular flexibility index (Phi) is 4.79. The predicted molar refractivity (Wildman–Crippen MR) is 83.5 cm³/mol. The van der Waals surface area contributed by atoms with Gasteiger partial charge in [-0.1, -0.05) is 17.7 Å². The molecule has 0 saturated carbocycles. The molecule has 2 aromatic rings. The second-order valence-corrected chi connectivity index (χ2v) is 5.69. The van der Waals surface area contributed by atoms with Crippen LogP contribution in [0.3, 0.4) is 0 Å². The fourth-order valence-corrected chi connectivity index (χ4v) is 2.94. The van der Waals surface area contributed by atoms with E-state index in [9.17, 15) is 4.79 Å². The zero-order chi connectivity index (χ0) is 14.5. The van der Waals surface area contributed by atoms with Gasteiger partial charge in [-0.05, 0) is 48.4 Å². The minimum atomic E-state index is -0.764. The molecule has 20 heavy (non-hydrogen) atoms. The van der Waals surface area contributed by atoms with Crippen molar-refractivity contribution in [3.05, 3.63) is 52.2 Å². The van der Waals surface area contributed by atoms with Crippen LogP contribution in [0, 0.1) is 6.92 Å². The number of nitrogens with zero attached hydrogens (tertiary/aromatic N) is 1. The Morgan fingerprint density at radius 1 is 1.30 bits per heavy atom. The van der Waals surface area contributed by atoms with Gasteiger partial charge in [0.1, 0.15) is 0 Å². The van der Waals surface area contributed by atoms with Crippen molar-refractivity contribution in [3.8, 4) is 0 Å². The average molecular weight is 289 g/mol. The summed E-state index contributed by atoms with van der Waals surface area (Å²) in [5, 5.41) is 13.1. The molecule has 0 aliphatic carbocycles. The van der Waals surface area contributed by atoms with E-state index in [1.807, 2.05) is 6.92 Å². The minimum Gasteiger partial charge on any atom is -0.481 e. The first-order valence-corrected chi connectivity index (χ1v) is 7.59. The predicted octanol–water partition coefficient (Wildman–Crippen LogP) is 4.10. The molecule has 106 valence electrons.